The smallest absolute Gasteiger partial charge is 0.415 e. The molecule has 2 amide bonds. The van der Waals surface area contributed by atoms with Gasteiger partial charge in [0.15, 0.2) is 0 Å². The molecule has 0 unspecified atom stereocenters. The normalized spacial score (nSPS) is 17.4. The molecule has 9 heteroatoms. The first-order valence-corrected chi connectivity index (χ1v) is 10.1. The van der Waals surface area contributed by atoms with Crippen molar-refractivity contribution >= 4 is 50.3 Å². The molecule has 3 heterocycles. The molecule has 3 N–H and O–H groups in total. The van der Waals surface area contributed by atoms with Gasteiger partial charge in [-0.15, -0.1) is 0 Å². The van der Waals surface area contributed by atoms with Gasteiger partial charge in [-0.05, 0) is 56.1 Å². The Morgan fingerprint density at radius 3 is 2.75 bits per heavy atom. The summed E-state index contributed by atoms with van der Waals surface area (Å²) in [6, 6.07) is -0.0782. The van der Waals surface area contributed by atoms with Gasteiger partial charge in [0.1, 0.15) is 11.2 Å². The molecule has 8 nitrogen and oxygen atoms in total. The van der Waals surface area contributed by atoms with Crippen LogP contribution in [-0.4, -0.2) is 46.7 Å². The van der Waals surface area contributed by atoms with Gasteiger partial charge in [-0.1, -0.05) is 0 Å². The number of fused-ring (bicyclic) bond motifs is 1. The highest BCUT2D eigenvalue weighted by Gasteiger charge is 2.34. The number of nitrogens with one attached hydrogen (secondary N) is 3. The monoisotopic (exact) mass is 451 g/mol. The molecule has 2 aromatic heterocycles. The van der Waals surface area contributed by atoms with Crippen LogP contribution in [0.25, 0.3) is 11.0 Å². The Morgan fingerprint density at radius 2 is 2.14 bits per heavy atom. The third-order valence-corrected chi connectivity index (χ3v) is 4.99. The van der Waals surface area contributed by atoms with Crippen molar-refractivity contribution in [3.63, 3.8) is 0 Å². The third-order valence-electron chi connectivity index (χ3n) is 4.41. The van der Waals surface area contributed by atoms with Crippen molar-refractivity contribution in [3.8, 4) is 0 Å². The molecule has 28 heavy (non-hydrogen) atoms. The topological polar surface area (TPSA) is 99.4 Å². The van der Waals surface area contributed by atoms with Crippen LogP contribution in [0.2, 0.25) is 0 Å². The lowest BCUT2D eigenvalue weighted by Crippen LogP contribution is -2.50. The highest BCUT2D eigenvalue weighted by atomic mass is 79.9. The number of anilines is 2. The number of rotatable bonds is 3. The first kappa shape index (κ1) is 20.6. The minimum absolute atomic E-state index is 0.0782. The lowest BCUT2D eigenvalue weighted by Gasteiger charge is -2.36. The second-order valence-electron chi connectivity index (χ2n) is 7.91. The van der Waals surface area contributed by atoms with E-state index in [1.54, 1.807) is 17.3 Å². The number of amides is 2. The van der Waals surface area contributed by atoms with E-state index in [0.717, 1.165) is 19.4 Å². The molecule has 1 aliphatic heterocycles. The standard InChI is InChI=1S/C19H26BrN5O3/c1-11(26)24-14-10-23-17-15(14)16(13(20)9-22-17)25(12-6-5-7-21-8-12)18(27)28-19(2,3)4/h9-10,12,21H,5-8H2,1-4H3,(H,22,23)(H,24,26)/t12-/m1/s1. The van der Waals surface area contributed by atoms with E-state index in [1.807, 2.05) is 20.8 Å². The molecule has 0 saturated carbocycles. The first-order valence-electron chi connectivity index (χ1n) is 9.33. The van der Waals surface area contributed by atoms with Crippen molar-refractivity contribution in [2.24, 2.45) is 0 Å². The van der Waals surface area contributed by atoms with Crippen LogP contribution < -0.4 is 15.5 Å². The number of aromatic amines is 1. The summed E-state index contributed by atoms with van der Waals surface area (Å²) >= 11 is 3.56. The average molecular weight is 452 g/mol. The number of piperidine rings is 1. The summed E-state index contributed by atoms with van der Waals surface area (Å²) in [4.78, 5) is 34.1. The predicted octanol–water partition coefficient (Wildman–Crippen LogP) is 3.78. The summed E-state index contributed by atoms with van der Waals surface area (Å²) in [6.45, 7) is 8.57. The fraction of sp³-hybridized carbons (Fsp3) is 0.526. The van der Waals surface area contributed by atoms with Crippen LogP contribution in [0.1, 0.15) is 40.5 Å². The number of pyridine rings is 1. The maximum atomic E-state index is 13.2. The molecule has 0 spiro atoms. The fourth-order valence-corrected chi connectivity index (χ4v) is 3.86. The highest BCUT2D eigenvalue weighted by Crippen LogP contribution is 2.40. The van der Waals surface area contributed by atoms with E-state index in [2.05, 4.69) is 36.5 Å². The van der Waals surface area contributed by atoms with Crippen LogP contribution in [0.3, 0.4) is 0 Å². The summed E-state index contributed by atoms with van der Waals surface area (Å²) in [6.07, 6.45) is 4.72. The van der Waals surface area contributed by atoms with Crippen molar-refractivity contribution < 1.29 is 14.3 Å². The number of aromatic nitrogens is 2. The quantitative estimate of drug-likeness (QED) is 0.659. The lowest BCUT2D eigenvalue weighted by molar-refractivity contribution is -0.114. The van der Waals surface area contributed by atoms with Gasteiger partial charge in [-0.3, -0.25) is 9.69 Å². The maximum Gasteiger partial charge on any atom is 0.415 e. The number of carbonyl (C=O) groups is 2. The average Bonchev–Trinajstić information content (AvgIpc) is 2.99. The van der Waals surface area contributed by atoms with Gasteiger partial charge in [0.25, 0.3) is 0 Å². The van der Waals surface area contributed by atoms with Crippen molar-refractivity contribution in [1.29, 1.82) is 0 Å². The van der Waals surface area contributed by atoms with Gasteiger partial charge in [0, 0.05) is 25.9 Å². The maximum absolute atomic E-state index is 13.2. The largest absolute Gasteiger partial charge is 0.443 e. The minimum atomic E-state index is -0.630. The molecule has 0 bridgehead atoms. The van der Waals surface area contributed by atoms with Crippen LogP contribution in [-0.2, 0) is 9.53 Å². The zero-order valence-electron chi connectivity index (χ0n) is 16.6. The Labute approximate surface area is 172 Å². The van der Waals surface area contributed by atoms with Crippen molar-refractivity contribution in [1.82, 2.24) is 15.3 Å². The number of hydrogen-bond donors (Lipinski definition) is 3. The Morgan fingerprint density at radius 1 is 1.39 bits per heavy atom. The molecule has 1 aliphatic rings. The van der Waals surface area contributed by atoms with Crippen molar-refractivity contribution in [2.45, 2.75) is 52.2 Å². The van der Waals surface area contributed by atoms with Gasteiger partial charge in [0.2, 0.25) is 5.91 Å². The van der Waals surface area contributed by atoms with Gasteiger partial charge in [0.05, 0.1) is 27.3 Å². The molecule has 152 valence electrons. The number of ether oxygens (including phenoxy) is 1. The van der Waals surface area contributed by atoms with Crippen molar-refractivity contribution in [3.05, 3.63) is 16.9 Å². The van der Waals surface area contributed by atoms with E-state index >= 15 is 0 Å². The summed E-state index contributed by atoms with van der Waals surface area (Å²) < 4.78 is 6.38. The van der Waals surface area contributed by atoms with E-state index in [4.69, 9.17) is 4.74 Å². The number of H-pyrrole nitrogens is 1. The van der Waals surface area contributed by atoms with E-state index in [1.165, 1.54) is 6.92 Å². The van der Waals surface area contributed by atoms with Gasteiger partial charge >= 0.3 is 6.09 Å². The number of halogens is 1. The molecular weight excluding hydrogens is 426 g/mol. The van der Waals surface area contributed by atoms with Gasteiger partial charge < -0.3 is 20.4 Å². The van der Waals surface area contributed by atoms with E-state index in [9.17, 15) is 9.59 Å². The van der Waals surface area contributed by atoms with E-state index in [0.29, 0.717) is 33.4 Å². The molecule has 1 atom stereocenters. The summed E-state index contributed by atoms with van der Waals surface area (Å²) in [7, 11) is 0. The second kappa shape index (κ2) is 8.08. The molecule has 1 fully saturated rings. The van der Waals surface area contributed by atoms with E-state index < -0.39 is 11.7 Å². The van der Waals surface area contributed by atoms with Gasteiger partial charge in [-0.2, -0.15) is 0 Å². The Hall–Kier alpha value is -2.13. The molecule has 0 radical (unpaired) electrons. The van der Waals surface area contributed by atoms with Crippen molar-refractivity contribution in [2.75, 3.05) is 23.3 Å². The van der Waals surface area contributed by atoms with Crippen LogP contribution in [0.4, 0.5) is 16.2 Å². The summed E-state index contributed by atoms with van der Waals surface area (Å²) in [5, 5.41) is 6.84. The number of carbonyl (C=O) groups excluding carboxylic acids is 2. The molecule has 3 rings (SSSR count). The van der Waals surface area contributed by atoms with Crippen LogP contribution >= 0.6 is 15.9 Å². The van der Waals surface area contributed by atoms with Gasteiger partial charge in [-0.25, -0.2) is 9.78 Å². The molecule has 0 aromatic carbocycles. The third kappa shape index (κ3) is 4.47. The molecule has 0 aliphatic carbocycles. The second-order valence-corrected chi connectivity index (χ2v) is 8.77. The van der Waals surface area contributed by atoms with E-state index in [-0.39, 0.29) is 11.9 Å². The summed E-state index contributed by atoms with van der Waals surface area (Å²) in [5.74, 6) is -0.199. The molecule has 1 saturated heterocycles. The Bertz CT molecular complexity index is 884. The Kier molecular flexibility index (Phi) is 5.95. The zero-order valence-corrected chi connectivity index (χ0v) is 18.1. The Balaban J connectivity index is 2.16. The predicted molar refractivity (Wildman–Crippen MR) is 113 cm³/mol. The van der Waals surface area contributed by atoms with Crippen LogP contribution in [0.5, 0.6) is 0 Å². The molecule has 2 aromatic rings. The highest BCUT2D eigenvalue weighted by molar-refractivity contribution is 9.10. The molecular formula is C19H26BrN5O3. The minimum Gasteiger partial charge on any atom is -0.443 e. The van der Waals surface area contributed by atoms with Crippen LogP contribution in [0, 0.1) is 0 Å². The SMILES string of the molecule is CC(=O)Nc1c[nH]c2ncc(Br)c(N(C(=O)OC(C)(C)C)[C@@H]3CCCNC3)c12. The number of nitrogens with zero attached hydrogens (tertiary/aromatic N) is 2. The number of hydrogen-bond acceptors (Lipinski definition) is 5. The lowest BCUT2D eigenvalue weighted by atomic mass is 10.0. The first-order chi connectivity index (χ1) is 13.2. The fourth-order valence-electron chi connectivity index (χ4n) is 3.37. The summed E-state index contributed by atoms with van der Waals surface area (Å²) in [5.41, 5.74) is 1.16. The zero-order chi connectivity index (χ0) is 20.5. The van der Waals surface area contributed by atoms with Crippen LogP contribution in [0.15, 0.2) is 16.9 Å².